The number of piperazine rings is 1. The van der Waals surface area contributed by atoms with Crippen molar-refractivity contribution in [2.75, 3.05) is 33.3 Å². The number of ether oxygens (including phenoxy) is 1. The van der Waals surface area contributed by atoms with E-state index in [1.807, 2.05) is 4.90 Å². The van der Waals surface area contributed by atoms with E-state index in [0.29, 0.717) is 19.6 Å². The molecule has 28 heavy (non-hydrogen) atoms. The Labute approximate surface area is 162 Å². The van der Waals surface area contributed by atoms with E-state index >= 15 is 0 Å². The van der Waals surface area contributed by atoms with Crippen LogP contribution in [0.1, 0.15) is 5.56 Å². The van der Waals surface area contributed by atoms with Crippen LogP contribution >= 0.6 is 0 Å². The summed E-state index contributed by atoms with van der Waals surface area (Å²) in [7, 11) is -2.56. The van der Waals surface area contributed by atoms with Crippen molar-refractivity contribution >= 4 is 15.7 Å². The molecular formula is C18H20FN3O5S. The fourth-order valence-electron chi connectivity index (χ4n) is 3.16. The fourth-order valence-corrected chi connectivity index (χ4v) is 4.74. The minimum Gasteiger partial charge on any atom is -0.494 e. The summed E-state index contributed by atoms with van der Waals surface area (Å²) in [5.74, 6) is -0.276. The predicted molar refractivity (Wildman–Crippen MR) is 100 cm³/mol. The molecule has 1 aliphatic rings. The van der Waals surface area contributed by atoms with Crippen LogP contribution in [0.3, 0.4) is 0 Å². The highest BCUT2D eigenvalue weighted by atomic mass is 32.2. The molecule has 10 heteroatoms. The minimum atomic E-state index is -3.96. The van der Waals surface area contributed by atoms with Gasteiger partial charge in [-0.2, -0.15) is 4.31 Å². The minimum absolute atomic E-state index is 0.170. The standard InChI is InChI=1S/C18H20FN3O5S/c1-27-17-7-6-14(12-15(17)19)13-20-8-10-21(11-9-20)28(25,26)18-5-3-2-4-16(18)22(23)24/h2-7,12H,8-11,13H2,1H3. The number of benzene rings is 2. The van der Waals surface area contributed by atoms with Gasteiger partial charge >= 0.3 is 0 Å². The van der Waals surface area contributed by atoms with Crippen molar-refractivity contribution in [3.8, 4) is 5.75 Å². The maximum atomic E-state index is 13.8. The number of hydrogen-bond acceptors (Lipinski definition) is 6. The number of hydrogen-bond donors (Lipinski definition) is 0. The first-order valence-electron chi connectivity index (χ1n) is 8.61. The van der Waals surface area contributed by atoms with Crippen LogP contribution in [0.25, 0.3) is 0 Å². The first kappa shape index (κ1) is 20.2. The summed E-state index contributed by atoms with van der Waals surface area (Å²) in [4.78, 5) is 12.2. The highest BCUT2D eigenvalue weighted by molar-refractivity contribution is 7.89. The number of sulfonamides is 1. The van der Waals surface area contributed by atoms with Gasteiger partial charge in [0, 0.05) is 38.8 Å². The second-order valence-electron chi connectivity index (χ2n) is 6.37. The Morgan fingerprint density at radius 2 is 1.82 bits per heavy atom. The van der Waals surface area contributed by atoms with Gasteiger partial charge in [-0.15, -0.1) is 0 Å². The Kier molecular flexibility index (Phi) is 5.92. The van der Waals surface area contributed by atoms with Gasteiger partial charge in [0.15, 0.2) is 16.5 Å². The summed E-state index contributed by atoms with van der Waals surface area (Å²) >= 11 is 0. The summed E-state index contributed by atoms with van der Waals surface area (Å²) < 4.78 is 45.6. The maximum Gasteiger partial charge on any atom is 0.289 e. The molecule has 8 nitrogen and oxygen atoms in total. The average Bonchev–Trinajstić information content (AvgIpc) is 2.68. The van der Waals surface area contributed by atoms with Gasteiger partial charge in [0.1, 0.15) is 0 Å². The van der Waals surface area contributed by atoms with Crippen LogP contribution in [0.4, 0.5) is 10.1 Å². The zero-order chi connectivity index (χ0) is 20.3. The van der Waals surface area contributed by atoms with E-state index in [1.165, 1.54) is 41.7 Å². The van der Waals surface area contributed by atoms with Gasteiger partial charge in [0.2, 0.25) is 10.0 Å². The highest BCUT2D eigenvalue weighted by Crippen LogP contribution is 2.27. The van der Waals surface area contributed by atoms with E-state index in [2.05, 4.69) is 0 Å². The molecule has 0 atom stereocenters. The second-order valence-corrected chi connectivity index (χ2v) is 8.28. The van der Waals surface area contributed by atoms with E-state index < -0.39 is 26.5 Å². The van der Waals surface area contributed by atoms with Crippen LogP contribution in [-0.4, -0.2) is 55.8 Å². The number of nitro benzene ring substituents is 1. The second kappa shape index (κ2) is 8.21. The molecule has 1 aliphatic heterocycles. The average molecular weight is 409 g/mol. The Morgan fingerprint density at radius 3 is 2.43 bits per heavy atom. The van der Waals surface area contributed by atoms with Crippen LogP contribution in [-0.2, 0) is 16.6 Å². The van der Waals surface area contributed by atoms with Crippen molar-refractivity contribution in [1.82, 2.24) is 9.21 Å². The van der Waals surface area contributed by atoms with Crippen molar-refractivity contribution in [3.63, 3.8) is 0 Å². The van der Waals surface area contributed by atoms with Gasteiger partial charge in [-0.05, 0) is 23.8 Å². The third-order valence-corrected chi connectivity index (χ3v) is 6.58. The maximum absolute atomic E-state index is 13.8. The molecule has 3 rings (SSSR count). The third-order valence-electron chi connectivity index (χ3n) is 4.63. The first-order chi connectivity index (χ1) is 13.3. The molecule has 0 aliphatic carbocycles. The molecule has 1 fully saturated rings. The molecule has 0 aromatic heterocycles. The molecule has 1 heterocycles. The largest absolute Gasteiger partial charge is 0.494 e. The van der Waals surface area contributed by atoms with E-state index in [1.54, 1.807) is 12.1 Å². The monoisotopic (exact) mass is 409 g/mol. The molecule has 150 valence electrons. The number of methoxy groups -OCH3 is 1. The quantitative estimate of drug-likeness (QED) is 0.537. The van der Waals surface area contributed by atoms with Crippen molar-refractivity contribution in [1.29, 1.82) is 0 Å². The van der Waals surface area contributed by atoms with Crippen molar-refractivity contribution in [2.24, 2.45) is 0 Å². The van der Waals surface area contributed by atoms with E-state index in [-0.39, 0.29) is 23.7 Å². The Bertz CT molecular complexity index is 975. The summed E-state index contributed by atoms with van der Waals surface area (Å²) in [6.45, 7) is 1.75. The van der Waals surface area contributed by atoms with Crippen LogP contribution in [0.5, 0.6) is 5.75 Å². The van der Waals surface area contributed by atoms with Crippen LogP contribution < -0.4 is 4.74 Å². The number of halogens is 1. The van der Waals surface area contributed by atoms with Gasteiger partial charge in [0.25, 0.3) is 5.69 Å². The lowest BCUT2D eigenvalue weighted by Gasteiger charge is -2.33. The summed E-state index contributed by atoms with van der Waals surface area (Å²) in [6.07, 6.45) is 0. The Morgan fingerprint density at radius 1 is 1.14 bits per heavy atom. The van der Waals surface area contributed by atoms with Crippen LogP contribution in [0.2, 0.25) is 0 Å². The normalized spacial score (nSPS) is 16.1. The fraction of sp³-hybridized carbons (Fsp3) is 0.333. The SMILES string of the molecule is COc1ccc(CN2CCN(S(=O)(=O)c3ccccc3[N+](=O)[O-])CC2)cc1F. The smallest absolute Gasteiger partial charge is 0.289 e. The first-order valence-corrected chi connectivity index (χ1v) is 10.1. The Balaban J connectivity index is 1.68. The van der Waals surface area contributed by atoms with Crippen LogP contribution in [0, 0.1) is 15.9 Å². The molecule has 0 bridgehead atoms. The molecule has 0 amide bonds. The lowest BCUT2D eigenvalue weighted by Crippen LogP contribution is -2.48. The summed E-state index contributed by atoms with van der Waals surface area (Å²) in [6, 6.07) is 10.0. The zero-order valence-electron chi connectivity index (χ0n) is 15.2. The van der Waals surface area contributed by atoms with Gasteiger partial charge in [-0.25, -0.2) is 12.8 Å². The van der Waals surface area contributed by atoms with Crippen molar-refractivity contribution in [2.45, 2.75) is 11.4 Å². The molecule has 0 unspecified atom stereocenters. The number of nitro groups is 1. The molecule has 0 N–H and O–H groups in total. The Hall–Kier alpha value is -2.56. The van der Waals surface area contributed by atoms with Gasteiger partial charge in [-0.3, -0.25) is 15.0 Å². The van der Waals surface area contributed by atoms with E-state index in [0.717, 1.165) is 5.56 Å². The van der Waals surface area contributed by atoms with Gasteiger partial charge in [0.05, 0.1) is 12.0 Å². The molecule has 2 aromatic rings. The molecule has 2 aromatic carbocycles. The predicted octanol–water partition coefficient (Wildman–Crippen LogP) is 2.25. The van der Waals surface area contributed by atoms with Gasteiger partial charge < -0.3 is 4.74 Å². The molecule has 0 radical (unpaired) electrons. The molecule has 1 saturated heterocycles. The summed E-state index contributed by atoms with van der Waals surface area (Å²) in [5.41, 5.74) is 0.326. The lowest BCUT2D eigenvalue weighted by atomic mass is 10.2. The third kappa shape index (κ3) is 4.13. The number of para-hydroxylation sites is 1. The van der Waals surface area contributed by atoms with Crippen molar-refractivity contribution in [3.05, 3.63) is 64.0 Å². The van der Waals surface area contributed by atoms with E-state index in [9.17, 15) is 22.9 Å². The topological polar surface area (TPSA) is 93.0 Å². The van der Waals surface area contributed by atoms with E-state index in [4.69, 9.17) is 4.74 Å². The number of nitrogens with zero attached hydrogens (tertiary/aromatic N) is 3. The zero-order valence-corrected chi connectivity index (χ0v) is 16.1. The molecule has 0 saturated carbocycles. The number of rotatable bonds is 6. The molecule has 0 spiro atoms. The van der Waals surface area contributed by atoms with Crippen molar-refractivity contribution < 1.29 is 22.5 Å². The molecular weight excluding hydrogens is 389 g/mol. The van der Waals surface area contributed by atoms with Crippen LogP contribution in [0.15, 0.2) is 47.4 Å². The summed E-state index contributed by atoms with van der Waals surface area (Å²) in [5, 5.41) is 11.2. The van der Waals surface area contributed by atoms with Gasteiger partial charge in [-0.1, -0.05) is 18.2 Å². The lowest BCUT2D eigenvalue weighted by molar-refractivity contribution is -0.387. The highest BCUT2D eigenvalue weighted by Gasteiger charge is 2.33.